The van der Waals surface area contributed by atoms with Crippen molar-refractivity contribution >= 4 is 17.3 Å². The Balaban J connectivity index is 1.39. The first-order valence-corrected chi connectivity index (χ1v) is 11.0. The maximum atomic E-state index is 10.8. The molecule has 0 amide bonds. The molecule has 0 saturated heterocycles. The van der Waals surface area contributed by atoms with Gasteiger partial charge in [0.2, 0.25) is 0 Å². The first kappa shape index (κ1) is 21.6. The Morgan fingerprint density at radius 2 is 1.58 bits per heavy atom. The fourth-order valence-electron chi connectivity index (χ4n) is 3.92. The minimum atomic E-state index is -0.454. The summed E-state index contributed by atoms with van der Waals surface area (Å²) in [6.07, 6.45) is 0.869. The summed E-state index contributed by atoms with van der Waals surface area (Å²) < 4.78 is 0. The molecule has 1 heterocycles. The zero-order chi connectivity index (χ0) is 21.5. The van der Waals surface area contributed by atoms with Crippen LogP contribution < -0.4 is 0 Å². The maximum Gasteiger partial charge on any atom is 0.145 e. The molecule has 0 aromatic heterocycles. The van der Waals surface area contributed by atoms with Gasteiger partial charge in [0.05, 0.1) is 11.8 Å². The Hall–Kier alpha value is -2.66. The van der Waals surface area contributed by atoms with E-state index in [-0.39, 0.29) is 6.10 Å². The van der Waals surface area contributed by atoms with Crippen LogP contribution in [0.5, 0.6) is 0 Å². The van der Waals surface area contributed by atoms with Gasteiger partial charge in [-0.1, -0.05) is 89.6 Å². The van der Waals surface area contributed by atoms with Crippen molar-refractivity contribution in [3.63, 3.8) is 0 Å². The summed E-state index contributed by atoms with van der Waals surface area (Å²) in [5.74, 6) is 0. The van der Waals surface area contributed by atoms with Gasteiger partial charge in [-0.25, -0.2) is 0 Å². The lowest BCUT2D eigenvalue weighted by Gasteiger charge is -2.27. The predicted octanol–water partition coefficient (Wildman–Crippen LogP) is 4.94. The van der Waals surface area contributed by atoms with Crippen molar-refractivity contribution in [1.82, 2.24) is 4.90 Å². The summed E-state index contributed by atoms with van der Waals surface area (Å²) >= 11 is 6.00. The lowest BCUT2D eigenvalue weighted by Crippen LogP contribution is -2.38. The molecule has 160 valence electrons. The van der Waals surface area contributed by atoms with E-state index >= 15 is 0 Å². The van der Waals surface area contributed by atoms with Crippen molar-refractivity contribution in [3.05, 3.63) is 107 Å². The molecular formula is C26H27ClN2O2. The molecular weight excluding hydrogens is 408 g/mol. The molecule has 4 nitrogen and oxygen atoms in total. The predicted molar refractivity (Wildman–Crippen MR) is 125 cm³/mol. The van der Waals surface area contributed by atoms with Gasteiger partial charge in [-0.15, -0.1) is 0 Å². The minimum absolute atomic E-state index is 0.0432. The number of hydrogen-bond donors (Lipinski definition) is 1. The van der Waals surface area contributed by atoms with Crippen LogP contribution in [0.4, 0.5) is 0 Å². The number of aliphatic hydroxyl groups excluding tert-OH is 1. The summed E-state index contributed by atoms with van der Waals surface area (Å²) in [5.41, 5.74) is 4.32. The molecule has 1 N–H and O–H groups in total. The van der Waals surface area contributed by atoms with E-state index in [9.17, 15) is 5.11 Å². The average Bonchev–Trinajstić information content (AvgIpc) is 3.24. The molecule has 3 aromatic carbocycles. The van der Waals surface area contributed by atoms with Crippen LogP contribution in [0, 0.1) is 0 Å². The van der Waals surface area contributed by atoms with Crippen LogP contribution in [0.1, 0.15) is 23.1 Å². The quantitative estimate of drug-likeness (QED) is 0.519. The van der Waals surface area contributed by atoms with Gasteiger partial charge in [-0.05, 0) is 35.2 Å². The molecule has 1 aliphatic rings. The normalized spacial score (nSPS) is 16.7. The monoisotopic (exact) mass is 434 g/mol. The van der Waals surface area contributed by atoms with Crippen molar-refractivity contribution in [2.45, 2.75) is 31.6 Å². The Bertz CT molecular complexity index is 977. The zero-order valence-corrected chi connectivity index (χ0v) is 18.2. The van der Waals surface area contributed by atoms with Crippen LogP contribution in [0.3, 0.4) is 0 Å². The Labute approximate surface area is 188 Å². The van der Waals surface area contributed by atoms with Crippen molar-refractivity contribution in [2.75, 3.05) is 13.1 Å². The van der Waals surface area contributed by atoms with Crippen LogP contribution in [0.2, 0.25) is 5.02 Å². The second kappa shape index (κ2) is 10.6. The summed E-state index contributed by atoms with van der Waals surface area (Å²) in [5, 5.41) is 15.8. The van der Waals surface area contributed by atoms with Gasteiger partial charge in [0.1, 0.15) is 6.10 Å². The fourth-order valence-corrected chi connectivity index (χ4v) is 4.05. The zero-order valence-electron chi connectivity index (χ0n) is 17.4. The van der Waals surface area contributed by atoms with Crippen molar-refractivity contribution in [2.24, 2.45) is 5.16 Å². The first-order valence-electron chi connectivity index (χ1n) is 10.6. The third kappa shape index (κ3) is 6.41. The van der Waals surface area contributed by atoms with Gasteiger partial charge >= 0.3 is 0 Å². The van der Waals surface area contributed by atoms with Gasteiger partial charge in [-0.3, -0.25) is 4.90 Å². The molecule has 4 rings (SSSR count). The highest BCUT2D eigenvalue weighted by atomic mass is 35.5. The summed E-state index contributed by atoms with van der Waals surface area (Å²) in [6, 6.07) is 28.1. The first-order chi connectivity index (χ1) is 15.2. The Kier molecular flexibility index (Phi) is 7.36. The molecule has 5 heteroatoms. The van der Waals surface area contributed by atoms with E-state index in [1.165, 1.54) is 5.56 Å². The molecule has 31 heavy (non-hydrogen) atoms. The molecule has 0 radical (unpaired) electrons. The number of hydrogen-bond acceptors (Lipinski definition) is 4. The topological polar surface area (TPSA) is 45.1 Å². The largest absolute Gasteiger partial charge is 0.391 e. The van der Waals surface area contributed by atoms with Crippen LogP contribution >= 0.6 is 11.6 Å². The number of benzene rings is 3. The number of aliphatic hydroxyl groups is 1. The average molecular weight is 435 g/mol. The fraction of sp³-hybridized carbons (Fsp3) is 0.269. The molecule has 0 spiro atoms. The van der Waals surface area contributed by atoms with E-state index in [0.29, 0.717) is 24.5 Å². The highest BCUT2D eigenvalue weighted by Crippen LogP contribution is 2.20. The molecule has 0 fully saturated rings. The smallest absolute Gasteiger partial charge is 0.145 e. The van der Waals surface area contributed by atoms with Crippen LogP contribution in [-0.4, -0.2) is 41.0 Å². The number of halogens is 1. The second-order valence-electron chi connectivity index (χ2n) is 8.00. The summed E-state index contributed by atoms with van der Waals surface area (Å²) in [6.45, 7) is 2.02. The molecule has 1 aliphatic heterocycles. The van der Waals surface area contributed by atoms with Crippen LogP contribution in [0.15, 0.2) is 90.1 Å². The second-order valence-corrected chi connectivity index (χ2v) is 8.44. The SMILES string of the molecule is O[C@@H](Cc1ccccc1)CN(Cc1ccccc1)C[C@@H]1CC(c2ccc(Cl)cc2)=NO1. The van der Waals surface area contributed by atoms with Crippen molar-refractivity contribution in [1.29, 1.82) is 0 Å². The molecule has 3 aromatic rings. The molecule has 2 atom stereocenters. The van der Waals surface area contributed by atoms with Crippen LogP contribution in [-0.2, 0) is 17.8 Å². The van der Waals surface area contributed by atoms with Gasteiger partial charge in [0, 0.05) is 31.1 Å². The third-order valence-corrected chi connectivity index (χ3v) is 5.66. The third-order valence-electron chi connectivity index (χ3n) is 5.40. The summed E-state index contributed by atoms with van der Waals surface area (Å²) in [4.78, 5) is 8.01. The lowest BCUT2D eigenvalue weighted by atomic mass is 10.0. The van der Waals surface area contributed by atoms with Crippen LogP contribution in [0.25, 0.3) is 0 Å². The van der Waals surface area contributed by atoms with Gasteiger partial charge in [-0.2, -0.15) is 0 Å². The van der Waals surface area contributed by atoms with E-state index in [2.05, 4.69) is 34.3 Å². The highest BCUT2D eigenvalue weighted by molar-refractivity contribution is 6.30. The Morgan fingerprint density at radius 1 is 0.935 bits per heavy atom. The molecule has 0 saturated carbocycles. The van der Waals surface area contributed by atoms with Gasteiger partial charge in [0.15, 0.2) is 0 Å². The van der Waals surface area contributed by atoms with E-state index in [1.54, 1.807) is 0 Å². The Morgan fingerprint density at radius 3 is 2.26 bits per heavy atom. The van der Waals surface area contributed by atoms with Gasteiger partial charge in [0.25, 0.3) is 0 Å². The van der Waals surface area contributed by atoms with E-state index in [1.807, 2.05) is 60.7 Å². The standard InChI is InChI=1S/C26H27ClN2O2/c27-23-13-11-22(12-14-23)26-16-25(31-28-26)19-29(17-21-9-5-2-6-10-21)18-24(30)15-20-7-3-1-4-8-20/h1-14,24-25,30H,15-19H2/t24-,25-/m0/s1. The maximum absolute atomic E-state index is 10.8. The van der Waals surface area contributed by atoms with E-state index in [0.717, 1.165) is 29.8 Å². The van der Waals surface area contributed by atoms with Gasteiger partial charge < -0.3 is 9.94 Å². The number of rotatable bonds is 9. The lowest BCUT2D eigenvalue weighted by molar-refractivity contribution is 0.0322. The van der Waals surface area contributed by atoms with E-state index < -0.39 is 6.10 Å². The molecule has 0 unspecified atom stereocenters. The summed E-state index contributed by atoms with van der Waals surface area (Å²) in [7, 11) is 0. The van der Waals surface area contributed by atoms with Crippen molar-refractivity contribution < 1.29 is 9.94 Å². The molecule has 0 bridgehead atoms. The molecule has 0 aliphatic carbocycles. The number of oxime groups is 1. The van der Waals surface area contributed by atoms with Crippen molar-refractivity contribution in [3.8, 4) is 0 Å². The highest BCUT2D eigenvalue weighted by Gasteiger charge is 2.25. The van der Waals surface area contributed by atoms with E-state index in [4.69, 9.17) is 16.4 Å². The number of nitrogens with zero attached hydrogens (tertiary/aromatic N) is 2. The minimum Gasteiger partial charge on any atom is -0.391 e.